The lowest BCUT2D eigenvalue weighted by Crippen LogP contribution is -2.48. The maximum atomic E-state index is 11.1. The van der Waals surface area contributed by atoms with E-state index in [9.17, 15) is 4.79 Å². The molecule has 1 rings (SSSR count). The predicted molar refractivity (Wildman–Crippen MR) is 57.6 cm³/mol. The molecule has 4 heteroatoms. The van der Waals surface area contributed by atoms with Gasteiger partial charge in [-0.3, -0.25) is 0 Å². The van der Waals surface area contributed by atoms with E-state index in [0.29, 0.717) is 25.2 Å². The number of ether oxygens (including phenoxy) is 2. The van der Waals surface area contributed by atoms with E-state index in [-0.39, 0.29) is 11.6 Å². The molecule has 86 valence electrons. The zero-order valence-electron chi connectivity index (χ0n) is 9.47. The molecule has 0 saturated carbocycles. The van der Waals surface area contributed by atoms with Gasteiger partial charge >= 0.3 is 5.97 Å². The molecular weight excluding hydrogens is 194 g/mol. The Morgan fingerprint density at radius 1 is 1.67 bits per heavy atom. The molecule has 1 unspecified atom stereocenters. The van der Waals surface area contributed by atoms with Gasteiger partial charge in [0.1, 0.15) is 0 Å². The fourth-order valence-corrected chi connectivity index (χ4v) is 1.42. The molecule has 0 aromatic carbocycles. The van der Waals surface area contributed by atoms with Gasteiger partial charge in [0.25, 0.3) is 0 Å². The smallest absolute Gasteiger partial charge is 0.333 e. The number of hydrogen-bond acceptors (Lipinski definition) is 4. The van der Waals surface area contributed by atoms with Gasteiger partial charge in [-0.15, -0.1) is 0 Å². The van der Waals surface area contributed by atoms with Crippen molar-refractivity contribution in [3.8, 4) is 0 Å². The van der Waals surface area contributed by atoms with Gasteiger partial charge in [-0.1, -0.05) is 6.58 Å². The lowest BCUT2D eigenvalue weighted by molar-refractivity contribution is -0.141. The first-order chi connectivity index (χ1) is 7.03. The number of carbonyl (C=O) groups excluding carboxylic acids is 1. The zero-order chi connectivity index (χ0) is 11.3. The van der Waals surface area contributed by atoms with E-state index < -0.39 is 0 Å². The zero-order valence-corrected chi connectivity index (χ0v) is 9.47. The van der Waals surface area contributed by atoms with Gasteiger partial charge in [0, 0.05) is 25.1 Å². The van der Waals surface area contributed by atoms with Crippen LogP contribution in [0.1, 0.15) is 20.3 Å². The van der Waals surface area contributed by atoms with Crippen LogP contribution in [0.15, 0.2) is 12.2 Å². The summed E-state index contributed by atoms with van der Waals surface area (Å²) in [6.45, 7) is 9.97. The highest BCUT2D eigenvalue weighted by Gasteiger charge is 2.27. The van der Waals surface area contributed by atoms with Gasteiger partial charge in [-0.25, -0.2) is 4.79 Å². The molecule has 1 heterocycles. The molecule has 1 aliphatic rings. The Morgan fingerprint density at radius 2 is 2.40 bits per heavy atom. The Labute approximate surface area is 90.6 Å². The van der Waals surface area contributed by atoms with Gasteiger partial charge in [0.15, 0.2) is 0 Å². The second-order valence-electron chi connectivity index (χ2n) is 4.14. The quantitative estimate of drug-likeness (QED) is 0.556. The van der Waals surface area contributed by atoms with Crippen LogP contribution in [-0.2, 0) is 14.3 Å². The van der Waals surface area contributed by atoms with Crippen LogP contribution in [0, 0.1) is 0 Å². The van der Waals surface area contributed by atoms with Crippen molar-refractivity contribution in [3.63, 3.8) is 0 Å². The first-order valence-corrected chi connectivity index (χ1v) is 5.21. The van der Waals surface area contributed by atoms with Crippen LogP contribution < -0.4 is 5.32 Å². The Kier molecular flexibility index (Phi) is 4.29. The van der Waals surface area contributed by atoms with Crippen LogP contribution >= 0.6 is 0 Å². The largest absolute Gasteiger partial charge is 0.462 e. The van der Waals surface area contributed by atoms with Crippen molar-refractivity contribution >= 4 is 5.97 Å². The SMILES string of the molecule is C=C(C)C(=O)OCCC1(C)CNCCO1. The fourth-order valence-electron chi connectivity index (χ4n) is 1.42. The summed E-state index contributed by atoms with van der Waals surface area (Å²) in [5.41, 5.74) is 0.219. The van der Waals surface area contributed by atoms with Gasteiger partial charge < -0.3 is 14.8 Å². The molecule has 0 spiro atoms. The molecule has 0 aromatic heterocycles. The highest BCUT2D eigenvalue weighted by atomic mass is 16.5. The molecule has 0 amide bonds. The van der Waals surface area contributed by atoms with Crippen LogP contribution in [0.2, 0.25) is 0 Å². The standard InChI is InChI=1S/C11H19NO3/c1-9(2)10(13)14-6-4-11(3)8-12-5-7-15-11/h12H,1,4-8H2,2-3H3. The Bertz CT molecular complexity index is 244. The Morgan fingerprint density at radius 3 is 2.93 bits per heavy atom. The second-order valence-corrected chi connectivity index (χ2v) is 4.14. The summed E-state index contributed by atoms with van der Waals surface area (Å²) in [5.74, 6) is -0.331. The third-order valence-corrected chi connectivity index (χ3v) is 2.44. The first-order valence-electron chi connectivity index (χ1n) is 5.21. The van der Waals surface area contributed by atoms with E-state index in [0.717, 1.165) is 13.1 Å². The Hall–Kier alpha value is -0.870. The fraction of sp³-hybridized carbons (Fsp3) is 0.727. The van der Waals surface area contributed by atoms with E-state index in [1.54, 1.807) is 6.92 Å². The van der Waals surface area contributed by atoms with Crippen molar-refractivity contribution in [2.75, 3.05) is 26.3 Å². The van der Waals surface area contributed by atoms with Gasteiger partial charge in [-0.2, -0.15) is 0 Å². The monoisotopic (exact) mass is 213 g/mol. The minimum absolute atomic E-state index is 0.215. The summed E-state index contributed by atoms with van der Waals surface area (Å²) in [6.07, 6.45) is 0.707. The van der Waals surface area contributed by atoms with Gasteiger partial charge in [0.05, 0.1) is 18.8 Å². The van der Waals surface area contributed by atoms with Gasteiger partial charge in [0.2, 0.25) is 0 Å². The lowest BCUT2D eigenvalue weighted by atomic mass is 10.0. The van der Waals surface area contributed by atoms with Crippen molar-refractivity contribution in [2.24, 2.45) is 0 Å². The Balaban J connectivity index is 2.24. The molecule has 1 atom stereocenters. The van der Waals surface area contributed by atoms with E-state index in [1.807, 2.05) is 6.92 Å². The number of nitrogens with one attached hydrogen (secondary N) is 1. The third kappa shape index (κ3) is 4.01. The third-order valence-electron chi connectivity index (χ3n) is 2.44. The molecule has 1 aliphatic heterocycles. The molecule has 0 aromatic rings. The number of carbonyl (C=O) groups is 1. The number of morpholine rings is 1. The summed E-state index contributed by atoms with van der Waals surface area (Å²) >= 11 is 0. The van der Waals surface area contributed by atoms with Crippen molar-refractivity contribution in [1.82, 2.24) is 5.32 Å². The summed E-state index contributed by atoms with van der Waals surface area (Å²) in [4.78, 5) is 11.1. The average molecular weight is 213 g/mol. The van der Waals surface area contributed by atoms with Crippen LogP contribution in [0.3, 0.4) is 0 Å². The van der Waals surface area contributed by atoms with Crippen LogP contribution in [0.5, 0.6) is 0 Å². The van der Waals surface area contributed by atoms with Crippen LogP contribution in [-0.4, -0.2) is 37.9 Å². The molecule has 0 radical (unpaired) electrons. The molecule has 4 nitrogen and oxygen atoms in total. The van der Waals surface area contributed by atoms with Crippen LogP contribution in [0.25, 0.3) is 0 Å². The molecule has 1 fully saturated rings. The maximum absolute atomic E-state index is 11.1. The second kappa shape index (κ2) is 5.28. The van der Waals surface area contributed by atoms with E-state index in [1.165, 1.54) is 0 Å². The van der Waals surface area contributed by atoms with Crippen LogP contribution in [0.4, 0.5) is 0 Å². The topological polar surface area (TPSA) is 47.6 Å². The number of esters is 1. The molecule has 1 N–H and O–H groups in total. The molecule has 15 heavy (non-hydrogen) atoms. The van der Waals surface area contributed by atoms with Crippen molar-refractivity contribution in [2.45, 2.75) is 25.9 Å². The summed E-state index contributed by atoms with van der Waals surface area (Å²) < 4.78 is 10.7. The number of rotatable bonds is 4. The number of hydrogen-bond donors (Lipinski definition) is 1. The highest BCUT2D eigenvalue weighted by molar-refractivity contribution is 5.86. The highest BCUT2D eigenvalue weighted by Crippen LogP contribution is 2.17. The normalized spacial score (nSPS) is 26.0. The summed E-state index contributed by atoms with van der Waals surface area (Å²) in [6, 6.07) is 0. The maximum Gasteiger partial charge on any atom is 0.333 e. The van der Waals surface area contributed by atoms with Gasteiger partial charge in [-0.05, 0) is 13.8 Å². The summed E-state index contributed by atoms with van der Waals surface area (Å²) in [5, 5.41) is 3.25. The van der Waals surface area contributed by atoms with Crippen molar-refractivity contribution in [1.29, 1.82) is 0 Å². The first kappa shape index (κ1) is 12.2. The minimum atomic E-state index is -0.331. The molecule has 1 saturated heterocycles. The van der Waals surface area contributed by atoms with E-state index in [4.69, 9.17) is 9.47 Å². The minimum Gasteiger partial charge on any atom is -0.462 e. The lowest BCUT2D eigenvalue weighted by Gasteiger charge is -2.34. The average Bonchev–Trinajstić information content (AvgIpc) is 2.18. The summed E-state index contributed by atoms with van der Waals surface area (Å²) in [7, 11) is 0. The van der Waals surface area contributed by atoms with E-state index >= 15 is 0 Å². The molecule has 0 bridgehead atoms. The van der Waals surface area contributed by atoms with Crippen molar-refractivity contribution < 1.29 is 14.3 Å². The van der Waals surface area contributed by atoms with E-state index in [2.05, 4.69) is 11.9 Å². The predicted octanol–water partition coefficient (Wildman–Crippen LogP) is 0.874. The van der Waals surface area contributed by atoms with Crippen molar-refractivity contribution in [3.05, 3.63) is 12.2 Å². The molecular formula is C11H19NO3. The molecule has 0 aliphatic carbocycles.